The first-order valence-electron chi connectivity index (χ1n) is 14.7. The Morgan fingerprint density at radius 1 is 1.11 bits per heavy atom. The fraction of sp³-hybridized carbons (Fsp3) is 0.742. The van der Waals surface area contributed by atoms with Gasteiger partial charge in [-0.15, -0.1) is 0 Å². The van der Waals surface area contributed by atoms with Crippen LogP contribution in [0.5, 0.6) is 0 Å². The summed E-state index contributed by atoms with van der Waals surface area (Å²) >= 11 is 0. The van der Waals surface area contributed by atoms with Gasteiger partial charge >= 0.3 is 5.63 Å². The Labute approximate surface area is 223 Å². The molecule has 0 amide bonds. The van der Waals surface area contributed by atoms with Crippen LogP contribution in [0, 0.1) is 52.2 Å². The number of hydrogen-bond acceptors (Lipinski definition) is 6. The highest BCUT2D eigenvalue weighted by Gasteiger charge is 2.65. The van der Waals surface area contributed by atoms with Crippen LogP contribution >= 0.6 is 0 Å². The lowest BCUT2D eigenvalue weighted by molar-refractivity contribution is -0.207. The first-order chi connectivity index (χ1) is 18.0. The second-order valence-electron chi connectivity index (χ2n) is 13.6. The molecule has 6 nitrogen and oxygen atoms in total. The van der Waals surface area contributed by atoms with Crippen LogP contribution in [0.15, 0.2) is 27.4 Å². The van der Waals surface area contributed by atoms with E-state index in [-0.39, 0.29) is 69.4 Å². The molecule has 2 aromatic rings. The molecule has 11 atom stereocenters. The van der Waals surface area contributed by atoms with Gasteiger partial charge in [0.2, 0.25) is 0 Å². The fourth-order valence-corrected chi connectivity index (χ4v) is 9.89. The predicted molar refractivity (Wildman–Crippen MR) is 142 cm³/mol. The van der Waals surface area contributed by atoms with Gasteiger partial charge in [-0.1, -0.05) is 26.8 Å². The Balaban J connectivity index is 1.22. The minimum atomic E-state index is -0.563. The summed E-state index contributed by atoms with van der Waals surface area (Å²) in [5.74, 6) is 1.27. The molecular weight excluding hydrogens is 485 g/mol. The number of aliphatic hydroxyl groups is 3. The summed E-state index contributed by atoms with van der Waals surface area (Å²) in [6, 6.07) is 4.31. The maximum absolute atomic E-state index is 14.3. The average Bonchev–Trinajstić information content (AvgIpc) is 3.23. The minimum Gasteiger partial charge on any atom is -0.408 e. The number of aromatic nitrogens is 1. The van der Waals surface area contributed by atoms with Crippen molar-refractivity contribution in [2.24, 2.45) is 46.3 Å². The zero-order valence-corrected chi connectivity index (χ0v) is 22.8. The molecule has 1 aromatic heterocycles. The summed E-state index contributed by atoms with van der Waals surface area (Å²) in [6.45, 7) is 6.79. The first kappa shape index (κ1) is 26.4. The van der Waals surface area contributed by atoms with Crippen LogP contribution in [-0.2, 0) is 6.42 Å². The van der Waals surface area contributed by atoms with E-state index in [1.54, 1.807) is 0 Å². The van der Waals surface area contributed by atoms with E-state index in [1.165, 1.54) is 18.2 Å². The third kappa shape index (κ3) is 3.90. The van der Waals surface area contributed by atoms with E-state index in [4.69, 9.17) is 4.42 Å². The molecule has 208 valence electrons. The Bertz CT molecular complexity index is 1260. The van der Waals surface area contributed by atoms with Crippen molar-refractivity contribution < 1.29 is 24.1 Å². The van der Waals surface area contributed by atoms with Crippen molar-refractivity contribution >= 4 is 10.9 Å². The molecule has 1 aromatic carbocycles. The number of para-hydroxylation sites is 1. The first-order valence-corrected chi connectivity index (χ1v) is 14.7. The predicted octanol–water partition coefficient (Wildman–Crippen LogP) is 4.86. The van der Waals surface area contributed by atoms with Crippen molar-refractivity contribution in [1.82, 2.24) is 4.98 Å². The van der Waals surface area contributed by atoms with E-state index < -0.39 is 17.5 Å². The van der Waals surface area contributed by atoms with Crippen LogP contribution in [0.1, 0.15) is 78.0 Å². The largest absolute Gasteiger partial charge is 0.408 e. The molecule has 0 saturated heterocycles. The molecule has 4 saturated carbocycles. The van der Waals surface area contributed by atoms with Crippen molar-refractivity contribution in [3.63, 3.8) is 0 Å². The van der Waals surface area contributed by atoms with Gasteiger partial charge in [0.15, 0.2) is 5.89 Å². The quantitative estimate of drug-likeness (QED) is 0.525. The monoisotopic (exact) mass is 527 g/mol. The average molecular weight is 528 g/mol. The van der Waals surface area contributed by atoms with Crippen molar-refractivity contribution in [2.45, 2.75) is 96.9 Å². The van der Waals surface area contributed by atoms with Gasteiger partial charge in [-0.05, 0) is 110 Å². The lowest BCUT2D eigenvalue weighted by atomic mass is 9.43. The molecule has 4 fully saturated rings. The molecule has 4 aliphatic carbocycles. The SMILES string of the molecule is C[C@H](CCc1nc2c(F)cccc2c(=O)o1)[C@H]1CC[C@H]2[C@H]3C(C[C@H](O)[C@]12C)[C@@]1(C)CC[C@@H](O)C[C@H]1C[C@H]3O. The molecule has 0 bridgehead atoms. The van der Waals surface area contributed by atoms with Gasteiger partial charge in [0, 0.05) is 6.42 Å². The van der Waals surface area contributed by atoms with E-state index >= 15 is 0 Å². The second kappa shape index (κ2) is 9.38. The summed E-state index contributed by atoms with van der Waals surface area (Å²) in [7, 11) is 0. The third-order valence-corrected chi connectivity index (χ3v) is 12.0. The molecule has 0 aliphatic heterocycles. The summed E-state index contributed by atoms with van der Waals surface area (Å²) in [4.78, 5) is 16.7. The maximum Gasteiger partial charge on any atom is 0.346 e. The van der Waals surface area contributed by atoms with E-state index in [0.29, 0.717) is 18.8 Å². The standard InChI is InChI=1S/C31H42FNO5/c1-16(7-10-26-33-28-19(29(37)38-26)5-4-6-23(28)32)20-8-9-21-27-22(15-25(36)31(20,21)3)30(2)12-11-18(34)13-17(30)14-24(27)35/h4-6,16-18,20-22,24-25,27,34-36H,7-15H2,1-3H3/t16-,17+,18-,20-,21+,22?,24-,25+,27+,30+,31-/m1/s1. The lowest BCUT2D eigenvalue weighted by Crippen LogP contribution is -2.62. The van der Waals surface area contributed by atoms with Gasteiger partial charge in [0.25, 0.3) is 0 Å². The summed E-state index contributed by atoms with van der Waals surface area (Å²) in [6.07, 6.45) is 6.06. The molecule has 38 heavy (non-hydrogen) atoms. The summed E-state index contributed by atoms with van der Waals surface area (Å²) in [5, 5.41) is 33.7. The third-order valence-electron chi connectivity index (χ3n) is 12.0. The Morgan fingerprint density at radius 2 is 1.89 bits per heavy atom. The van der Waals surface area contributed by atoms with Gasteiger partial charge in [-0.25, -0.2) is 14.2 Å². The van der Waals surface area contributed by atoms with Crippen LogP contribution in [-0.4, -0.2) is 38.6 Å². The maximum atomic E-state index is 14.3. The summed E-state index contributed by atoms with van der Waals surface area (Å²) in [5.41, 5.74) is -0.736. The van der Waals surface area contributed by atoms with E-state index in [1.807, 2.05) is 0 Å². The molecule has 0 radical (unpaired) electrons. The second-order valence-corrected chi connectivity index (χ2v) is 13.6. The Hall–Kier alpha value is -1.83. The summed E-state index contributed by atoms with van der Waals surface area (Å²) < 4.78 is 19.7. The van der Waals surface area contributed by atoms with Crippen molar-refractivity contribution in [3.05, 3.63) is 40.3 Å². The van der Waals surface area contributed by atoms with Crippen molar-refractivity contribution in [1.29, 1.82) is 0 Å². The molecule has 7 heteroatoms. The van der Waals surface area contributed by atoms with E-state index in [2.05, 4.69) is 25.8 Å². The molecule has 1 unspecified atom stereocenters. The van der Waals surface area contributed by atoms with Crippen molar-refractivity contribution in [3.8, 4) is 0 Å². The zero-order valence-electron chi connectivity index (χ0n) is 22.8. The number of benzene rings is 1. The van der Waals surface area contributed by atoms with Crippen LogP contribution in [0.25, 0.3) is 10.9 Å². The number of aryl methyl sites for hydroxylation is 1. The highest BCUT2D eigenvalue weighted by atomic mass is 19.1. The molecular formula is C31H42FNO5. The van der Waals surface area contributed by atoms with Gasteiger partial charge in [0.05, 0.1) is 23.7 Å². The highest BCUT2D eigenvalue weighted by molar-refractivity contribution is 5.77. The van der Waals surface area contributed by atoms with Crippen molar-refractivity contribution in [2.75, 3.05) is 0 Å². The van der Waals surface area contributed by atoms with Crippen LogP contribution in [0.2, 0.25) is 0 Å². The minimum absolute atomic E-state index is 0.0568. The fourth-order valence-electron chi connectivity index (χ4n) is 9.89. The molecule has 4 aliphatic rings. The normalized spacial score (nSPS) is 43.3. The van der Waals surface area contributed by atoms with Gasteiger partial charge in [-0.3, -0.25) is 0 Å². The molecule has 6 rings (SSSR count). The van der Waals surface area contributed by atoms with E-state index in [9.17, 15) is 24.5 Å². The van der Waals surface area contributed by atoms with E-state index in [0.717, 1.165) is 44.9 Å². The number of rotatable bonds is 4. The Morgan fingerprint density at radius 3 is 2.68 bits per heavy atom. The van der Waals surface area contributed by atoms with Gasteiger partial charge in [-0.2, -0.15) is 0 Å². The number of hydrogen-bond donors (Lipinski definition) is 3. The lowest BCUT2D eigenvalue weighted by Gasteiger charge is -2.63. The Kier molecular flexibility index (Phi) is 6.51. The number of fused-ring (bicyclic) bond motifs is 6. The van der Waals surface area contributed by atoms with Crippen LogP contribution < -0.4 is 5.63 Å². The number of nitrogens with zero attached hydrogens (tertiary/aromatic N) is 1. The number of aliphatic hydroxyl groups excluding tert-OH is 3. The van der Waals surface area contributed by atoms with Crippen LogP contribution in [0.4, 0.5) is 4.39 Å². The molecule has 1 heterocycles. The van der Waals surface area contributed by atoms with Gasteiger partial charge in [0.1, 0.15) is 11.3 Å². The topological polar surface area (TPSA) is 104 Å². The highest BCUT2D eigenvalue weighted by Crippen LogP contribution is 2.68. The van der Waals surface area contributed by atoms with Gasteiger partial charge < -0.3 is 19.7 Å². The molecule has 3 N–H and O–H groups in total. The smallest absolute Gasteiger partial charge is 0.346 e. The van der Waals surface area contributed by atoms with Crippen LogP contribution in [0.3, 0.4) is 0 Å². The number of halogens is 1. The molecule has 0 spiro atoms. The zero-order chi connectivity index (χ0) is 27.0.